The molecule has 13 nitrogen and oxygen atoms in total. The number of hydrogen-bond acceptors (Lipinski definition) is 9. The normalized spacial score (nSPS) is 13.5. The molecule has 0 saturated heterocycles. The highest BCUT2D eigenvalue weighted by atomic mass is 16.6. The number of carboxylic acid groups (broad SMARTS) is 1. The SMILES string of the molecule is COCCOC(=O)CC(N)C(=O)NC(CC(C)=O)C(=O)NC(CC(=O)O)C(N)=O. The molecule has 0 aromatic rings. The Kier molecular flexibility index (Phi) is 11.8. The summed E-state index contributed by atoms with van der Waals surface area (Å²) in [6, 6.07) is -4.37. The van der Waals surface area contributed by atoms with Crippen molar-refractivity contribution in [1.82, 2.24) is 10.6 Å². The summed E-state index contributed by atoms with van der Waals surface area (Å²) < 4.78 is 9.47. The second kappa shape index (κ2) is 13.2. The summed E-state index contributed by atoms with van der Waals surface area (Å²) >= 11 is 0. The maximum absolute atomic E-state index is 12.3. The van der Waals surface area contributed by atoms with Crippen molar-refractivity contribution in [3.8, 4) is 0 Å². The van der Waals surface area contributed by atoms with Gasteiger partial charge in [-0.2, -0.15) is 0 Å². The molecular weight excluding hydrogens is 392 g/mol. The number of ether oxygens (including phenoxy) is 2. The lowest BCUT2D eigenvalue weighted by Crippen LogP contribution is -2.56. The van der Waals surface area contributed by atoms with Crippen LogP contribution in [-0.4, -0.2) is 79.0 Å². The summed E-state index contributed by atoms with van der Waals surface area (Å²) in [5, 5.41) is 13.0. The van der Waals surface area contributed by atoms with E-state index in [9.17, 15) is 28.8 Å². The lowest BCUT2D eigenvalue weighted by molar-refractivity contribution is -0.146. The van der Waals surface area contributed by atoms with E-state index in [1.54, 1.807) is 0 Å². The number of carboxylic acids is 1. The molecule has 3 amide bonds. The van der Waals surface area contributed by atoms with E-state index in [1.165, 1.54) is 7.11 Å². The van der Waals surface area contributed by atoms with Crippen LogP contribution in [-0.2, 0) is 38.2 Å². The van der Waals surface area contributed by atoms with Gasteiger partial charge in [-0.25, -0.2) is 0 Å². The predicted octanol–water partition coefficient (Wildman–Crippen LogP) is -3.20. The van der Waals surface area contributed by atoms with Gasteiger partial charge < -0.3 is 36.7 Å². The number of primary amides is 1. The number of methoxy groups -OCH3 is 1. The average Bonchev–Trinajstić information content (AvgIpc) is 2.59. The molecule has 3 unspecified atom stereocenters. The van der Waals surface area contributed by atoms with Crippen LogP contribution in [0.15, 0.2) is 0 Å². The minimum absolute atomic E-state index is 0.0306. The van der Waals surface area contributed by atoms with Crippen molar-refractivity contribution in [3.05, 3.63) is 0 Å². The first kappa shape index (κ1) is 25.9. The zero-order valence-corrected chi connectivity index (χ0v) is 16.1. The molecule has 7 N–H and O–H groups in total. The largest absolute Gasteiger partial charge is 0.481 e. The van der Waals surface area contributed by atoms with E-state index in [2.05, 4.69) is 10.6 Å². The molecule has 0 fully saturated rings. The molecule has 13 heteroatoms. The second-order valence-electron chi connectivity index (χ2n) is 6.05. The monoisotopic (exact) mass is 418 g/mol. The smallest absolute Gasteiger partial charge is 0.307 e. The van der Waals surface area contributed by atoms with E-state index in [1.807, 2.05) is 0 Å². The highest BCUT2D eigenvalue weighted by molar-refractivity contribution is 5.96. The number of carbonyl (C=O) groups is 6. The van der Waals surface area contributed by atoms with Crippen molar-refractivity contribution in [2.24, 2.45) is 11.5 Å². The number of rotatable bonds is 14. The third-order valence-electron chi connectivity index (χ3n) is 3.44. The number of esters is 1. The average molecular weight is 418 g/mol. The van der Waals surface area contributed by atoms with Crippen molar-refractivity contribution in [2.75, 3.05) is 20.3 Å². The van der Waals surface area contributed by atoms with Crippen LogP contribution in [0.5, 0.6) is 0 Å². The van der Waals surface area contributed by atoms with Gasteiger partial charge >= 0.3 is 11.9 Å². The lowest BCUT2D eigenvalue weighted by atomic mass is 10.1. The fourth-order valence-electron chi connectivity index (χ4n) is 2.02. The second-order valence-corrected chi connectivity index (χ2v) is 6.05. The Morgan fingerprint density at radius 3 is 2.00 bits per heavy atom. The third kappa shape index (κ3) is 11.4. The molecular formula is C16H26N4O9. The summed E-state index contributed by atoms with van der Waals surface area (Å²) in [5.41, 5.74) is 10.6. The summed E-state index contributed by atoms with van der Waals surface area (Å²) in [5.74, 6) is -5.68. The summed E-state index contributed by atoms with van der Waals surface area (Å²) in [4.78, 5) is 69.5. The standard InChI is InChI=1S/C16H26N4O9/c1-8(21)5-11(16(27)19-10(14(18)25)7-12(22)23)20-15(26)9(17)6-13(24)29-4-3-28-2/h9-11H,3-7,17H2,1-2H3,(H2,18,25)(H,19,27)(H,20,26)(H,22,23). The van der Waals surface area contributed by atoms with Crippen molar-refractivity contribution < 1.29 is 43.3 Å². The summed E-state index contributed by atoms with van der Waals surface area (Å²) in [7, 11) is 1.41. The van der Waals surface area contributed by atoms with Crippen LogP contribution in [0.2, 0.25) is 0 Å². The Morgan fingerprint density at radius 2 is 1.52 bits per heavy atom. The number of carbonyl (C=O) groups excluding carboxylic acids is 5. The highest BCUT2D eigenvalue weighted by Gasteiger charge is 2.29. The molecule has 0 rings (SSSR count). The van der Waals surface area contributed by atoms with Gasteiger partial charge in [0.1, 0.15) is 24.5 Å². The maximum atomic E-state index is 12.3. The molecule has 0 aromatic carbocycles. The van der Waals surface area contributed by atoms with E-state index < -0.39 is 72.8 Å². The first-order valence-electron chi connectivity index (χ1n) is 8.49. The molecule has 164 valence electrons. The number of nitrogens with one attached hydrogen (secondary N) is 2. The Bertz CT molecular complexity index is 638. The van der Waals surface area contributed by atoms with E-state index >= 15 is 0 Å². The molecule has 0 bridgehead atoms. The van der Waals surface area contributed by atoms with Crippen LogP contribution in [0.4, 0.5) is 0 Å². The molecule has 29 heavy (non-hydrogen) atoms. The fourth-order valence-corrected chi connectivity index (χ4v) is 2.02. The number of amides is 3. The van der Waals surface area contributed by atoms with Gasteiger partial charge in [-0.15, -0.1) is 0 Å². The molecule has 0 heterocycles. The minimum Gasteiger partial charge on any atom is -0.481 e. The molecule has 0 aromatic heterocycles. The zero-order valence-electron chi connectivity index (χ0n) is 16.1. The van der Waals surface area contributed by atoms with Crippen LogP contribution in [0.25, 0.3) is 0 Å². The van der Waals surface area contributed by atoms with Crippen molar-refractivity contribution in [1.29, 1.82) is 0 Å². The quantitative estimate of drug-likeness (QED) is 0.140. The van der Waals surface area contributed by atoms with Crippen molar-refractivity contribution in [2.45, 2.75) is 44.3 Å². The maximum Gasteiger partial charge on any atom is 0.307 e. The molecule has 0 spiro atoms. The van der Waals surface area contributed by atoms with E-state index in [4.69, 9.17) is 26.0 Å². The van der Waals surface area contributed by atoms with Crippen LogP contribution in [0.1, 0.15) is 26.2 Å². The Balaban J connectivity index is 4.99. The van der Waals surface area contributed by atoms with Crippen LogP contribution < -0.4 is 22.1 Å². The van der Waals surface area contributed by atoms with Gasteiger partial charge in [0.25, 0.3) is 0 Å². The number of Topliss-reactive ketones (excluding diaryl/α,β-unsaturated/α-hetero) is 1. The van der Waals surface area contributed by atoms with E-state index in [-0.39, 0.29) is 13.2 Å². The molecule has 3 atom stereocenters. The topological polar surface area (TPSA) is 217 Å². The fraction of sp³-hybridized carbons (Fsp3) is 0.625. The summed E-state index contributed by atoms with van der Waals surface area (Å²) in [6.45, 7) is 1.28. The zero-order chi connectivity index (χ0) is 22.6. The van der Waals surface area contributed by atoms with Gasteiger partial charge in [0.15, 0.2) is 0 Å². The number of hydrogen-bond donors (Lipinski definition) is 5. The Labute approximate surface area is 166 Å². The first-order chi connectivity index (χ1) is 13.5. The van der Waals surface area contributed by atoms with Crippen molar-refractivity contribution in [3.63, 3.8) is 0 Å². The third-order valence-corrected chi connectivity index (χ3v) is 3.44. The molecule has 0 aliphatic carbocycles. The molecule has 0 radical (unpaired) electrons. The van der Waals surface area contributed by atoms with Crippen LogP contribution in [0, 0.1) is 0 Å². The van der Waals surface area contributed by atoms with Gasteiger partial charge in [-0.05, 0) is 6.92 Å². The van der Waals surface area contributed by atoms with Gasteiger partial charge in [0.2, 0.25) is 17.7 Å². The van der Waals surface area contributed by atoms with Crippen LogP contribution >= 0.6 is 0 Å². The number of ketones is 1. The molecule has 0 saturated carbocycles. The van der Waals surface area contributed by atoms with Gasteiger partial charge in [0.05, 0.1) is 25.5 Å². The lowest BCUT2D eigenvalue weighted by Gasteiger charge is -2.22. The van der Waals surface area contributed by atoms with Gasteiger partial charge in [-0.1, -0.05) is 0 Å². The van der Waals surface area contributed by atoms with E-state index in [0.717, 1.165) is 6.92 Å². The van der Waals surface area contributed by atoms with Gasteiger partial charge in [-0.3, -0.25) is 28.8 Å². The Hall–Kier alpha value is -3.06. The van der Waals surface area contributed by atoms with Crippen LogP contribution in [0.3, 0.4) is 0 Å². The molecule has 0 aliphatic heterocycles. The van der Waals surface area contributed by atoms with Gasteiger partial charge in [0, 0.05) is 13.5 Å². The van der Waals surface area contributed by atoms with E-state index in [0.29, 0.717) is 0 Å². The number of nitrogens with two attached hydrogens (primary N) is 2. The van der Waals surface area contributed by atoms with Crippen molar-refractivity contribution >= 4 is 35.4 Å². The highest BCUT2D eigenvalue weighted by Crippen LogP contribution is 2.01. The summed E-state index contributed by atoms with van der Waals surface area (Å²) in [6.07, 6.45) is -1.73. The minimum atomic E-state index is -1.55. The Morgan fingerprint density at radius 1 is 0.931 bits per heavy atom. The first-order valence-corrected chi connectivity index (χ1v) is 8.49. The number of aliphatic carboxylic acids is 1. The molecule has 0 aliphatic rings. The predicted molar refractivity (Wildman–Crippen MR) is 96.0 cm³/mol.